The number of methoxy groups -OCH3 is 2. The Morgan fingerprint density at radius 1 is 1.19 bits per heavy atom. The molecule has 0 N–H and O–H groups in total. The summed E-state index contributed by atoms with van der Waals surface area (Å²) in [5, 5.41) is 11.4. The third kappa shape index (κ3) is 3.93. The van der Waals surface area contributed by atoms with Crippen molar-refractivity contribution in [2.45, 2.75) is 19.3 Å². The number of halogens is 1. The molecule has 0 aliphatic carbocycles. The molecule has 2 aromatic rings. The van der Waals surface area contributed by atoms with Gasteiger partial charge < -0.3 is 14.4 Å². The third-order valence-electron chi connectivity index (χ3n) is 5.63. The molecule has 2 aliphatic rings. The first-order valence-corrected chi connectivity index (χ1v) is 11.1. The second kappa shape index (κ2) is 8.74. The van der Waals surface area contributed by atoms with Gasteiger partial charge in [0.1, 0.15) is 11.5 Å². The zero-order valence-corrected chi connectivity index (χ0v) is 19.1. The van der Waals surface area contributed by atoms with Crippen molar-refractivity contribution in [1.29, 1.82) is 5.26 Å². The van der Waals surface area contributed by atoms with Gasteiger partial charge in [-0.15, -0.1) is 0 Å². The van der Waals surface area contributed by atoms with Crippen LogP contribution in [0.3, 0.4) is 0 Å². The number of carbonyl (C=O) groups excluding carboxylic acids is 1. The first-order chi connectivity index (χ1) is 15.0. The first kappa shape index (κ1) is 21.4. The van der Waals surface area contributed by atoms with Crippen molar-refractivity contribution in [2.24, 2.45) is 0 Å². The number of benzene rings is 2. The van der Waals surface area contributed by atoms with Gasteiger partial charge in [0.25, 0.3) is 0 Å². The zero-order chi connectivity index (χ0) is 22.1. The van der Waals surface area contributed by atoms with Crippen LogP contribution in [0.2, 0.25) is 5.02 Å². The van der Waals surface area contributed by atoms with Gasteiger partial charge in [-0.3, -0.25) is 9.69 Å². The van der Waals surface area contributed by atoms with Gasteiger partial charge in [0.2, 0.25) is 5.91 Å². The summed E-state index contributed by atoms with van der Waals surface area (Å²) in [6.45, 7) is 2.34. The summed E-state index contributed by atoms with van der Waals surface area (Å²) in [6.07, 6.45) is 0.206. The highest BCUT2D eigenvalue weighted by atomic mass is 35.5. The van der Waals surface area contributed by atoms with E-state index in [1.807, 2.05) is 37.3 Å². The first-order valence-electron chi connectivity index (χ1n) is 9.77. The molecule has 2 aromatic carbocycles. The van der Waals surface area contributed by atoms with Gasteiger partial charge in [0, 0.05) is 34.7 Å². The number of allylic oxidation sites excluding steroid dienone is 1. The van der Waals surface area contributed by atoms with Gasteiger partial charge >= 0.3 is 0 Å². The van der Waals surface area contributed by atoms with Gasteiger partial charge in [-0.2, -0.15) is 5.26 Å². The highest BCUT2D eigenvalue weighted by Gasteiger charge is 2.39. The minimum atomic E-state index is -0.350. The maximum Gasteiger partial charge on any atom is 0.229 e. The quantitative estimate of drug-likeness (QED) is 0.654. The average molecular weight is 456 g/mol. The largest absolute Gasteiger partial charge is 0.497 e. The number of fused-ring (bicyclic) bond motifs is 1. The lowest BCUT2D eigenvalue weighted by atomic mass is 9.86. The molecule has 0 aromatic heterocycles. The van der Waals surface area contributed by atoms with Gasteiger partial charge in [-0.1, -0.05) is 35.5 Å². The van der Waals surface area contributed by atoms with E-state index in [0.29, 0.717) is 34.6 Å². The summed E-state index contributed by atoms with van der Waals surface area (Å²) >= 11 is 7.79. The smallest absolute Gasteiger partial charge is 0.229 e. The van der Waals surface area contributed by atoms with Crippen molar-refractivity contribution >= 4 is 35.0 Å². The topological polar surface area (TPSA) is 65.8 Å². The molecule has 31 heavy (non-hydrogen) atoms. The van der Waals surface area contributed by atoms with E-state index in [1.165, 1.54) is 11.8 Å². The van der Waals surface area contributed by atoms with Gasteiger partial charge in [-0.05, 0) is 30.7 Å². The molecular weight excluding hydrogens is 434 g/mol. The number of nitriles is 1. The molecule has 2 aliphatic heterocycles. The summed E-state index contributed by atoms with van der Waals surface area (Å²) in [5.74, 6) is 1.52. The lowest BCUT2D eigenvalue weighted by Gasteiger charge is -2.42. The second-order valence-electron chi connectivity index (χ2n) is 7.41. The summed E-state index contributed by atoms with van der Waals surface area (Å²) < 4.78 is 10.8. The number of hydrogen-bond acceptors (Lipinski definition) is 6. The number of hydrogen-bond donors (Lipinski definition) is 0. The summed E-state index contributed by atoms with van der Waals surface area (Å²) in [7, 11) is 3.17. The standard InChI is InChI=1S/C23H22ClN3O3S/c1-14-4-5-15(8-20(14)24)26-12-27-22(28)10-18(19(11-25)23(27)31-13-26)17-7-6-16(29-2)9-21(17)30-3/h4-9,18H,10,12-13H2,1-3H3/t18-/m0/s1. The van der Waals surface area contributed by atoms with Crippen LogP contribution in [0.1, 0.15) is 23.5 Å². The normalized spacial score (nSPS) is 18.5. The van der Waals surface area contributed by atoms with Crippen molar-refractivity contribution < 1.29 is 14.3 Å². The second-order valence-corrected chi connectivity index (χ2v) is 8.75. The van der Waals surface area contributed by atoms with E-state index in [0.717, 1.165) is 21.8 Å². The molecule has 1 saturated heterocycles. The van der Waals surface area contributed by atoms with Crippen LogP contribution in [0.25, 0.3) is 0 Å². The van der Waals surface area contributed by atoms with Gasteiger partial charge in [0.15, 0.2) is 0 Å². The monoisotopic (exact) mass is 455 g/mol. The molecule has 4 rings (SSSR count). The van der Waals surface area contributed by atoms with Crippen LogP contribution in [0.15, 0.2) is 47.0 Å². The molecule has 0 unspecified atom stereocenters. The van der Waals surface area contributed by atoms with Crippen molar-refractivity contribution in [3.63, 3.8) is 0 Å². The van der Waals surface area contributed by atoms with Gasteiger partial charge in [-0.25, -0.2) is 0 Å². The number of ether oxygens (including phenoxy) is 2. The third-order valence-corrected chi connectivity index (χ3v) is 7.19. The fraction of sp³-hybridized carbons (Fsp3) is 0.304. The van der Waals surface area contributed by atoms with E-state index in [2.05, 4.69) is 11.0 Å². The van der Waals surface area contributed by atoms with Crippen LogP contribution < -0.4 is 14.4 Å². The fourth-order valence-electron chi connectivity index (χ4n) is 3.88. The number of rotatable bonds is 4. The van der Waals surface area contributed by atoms with Crippen molar-refractivity contribution in [1.82, 2.24) is 4.90 Å². The number of nitrogens with zero attached hydrogens (tertiary/aromatic N) is 3. The highest BCUT2D eigenvalue weighted by molar-refractivity contribution is 8.03. The molecule has 8 heteroatoms. The molecule has 0 spiro atoms. The van der Waals surface area contributed by atoms with Crippen LogP contribution in [0.5, 0.6) is 11.5 Å². The van der Waals surface area contributed by atoms with E-state index < -0.39 is 0 Å². The van der Waals surface area contributed by atoms with Gasteiger partial charge in [0.05, 0.1) is 43.4 Å². The van der Waals surface area contributed by atoms with Crippen molar-refractivity contribution in [3.05, 3.63) is 63.1 Å². The Balaban J connectivity index is 1.68. The predicted molar refractivity (Wildman–Crippen MR) is 122 cm³/mol. The van der Waals surface area contributed by atoms with Crippen molar-refractivity contribution in [2.75, 3.05) is 31.7 Å². The minimum Gasteiger partial charge on any atom is -0.497 e. The lowest BCUT2D eigenvalue weighted by molar-refractivity contribution is -0.129. The average Bonchev–Trinajstić information content (AvgIpc) is 2.80. The molecule has 160 valence electrons. The predicted octanol–water partition coefficient (Wildman–Crippen LogP) is 4.89. The van der Waals surface area contributed by atoms with Crippen LogP contribution in [-0.4, -0.2) is 37.6 Å². The van der Waals surface area contributed by atoms with E-state index in [-0.39, 0.29) is 18.2 Å². The molecule has 6 nitrogen and oxygen atoms in total. The van der Waals surface area contributed by atoms with Crippen molar-refractivity contribution in [3.8, 4) is 17.6 Å². The maximum absolute atomic E-state index is 13.1. The number of carbonyl (C=O) groups is 1. The summed E-state index contributed by atoms with van der Waals surface area (Å²) in [5.41, 5.74) is 3.36. The SMILES string of the molecule is COc1ccc([C@@H]2CC(=O)N3CN(c4ccc(C)c(Cl)c4)CSC3=C2C#N)c(OC)c1. The Bertz CT molecular complexity index is 1110. The lowest BCUT2D eigenvalue weighted by Crippen LogP contribution is -2.47. The van der Waals surface area contributed by atoms with Crippen LogP contribution >= 0.6 is 23.4 Å². The Kier molecular flexibility index (Phi) is 6.03. The molecular formula is C23H22ClN3O3S. The number of amides is 1. The minimum absolute atomic E-state index is 0.0210. The Morgan fingerprint density at radius 2 is 2.00 bits per heavy atom. The summed E-state index contributed by atoms with van der Waals surface area (Å²) in [4.78, 5) is 16.9. The molecule has 0 radical (unpaired) electrons. The highest BCUT2D eigenvalue weighted by Crippen LogP contribution is 2.46. The molecule has 0 bridgehead atoms. The fourth-order valence-corrected chi connectivity index (χ4v) is 5.22. The Labute approximate surface area is 191 Å². The molecule has 1 amide bonds. The van der Waals surface area contributed by atoms with E-state index in [4.69, 9.17) is 21.1 Å². The van der Waals surface area contributed by atoms with E-state index >= 15 is 0 Å². The maximum atomic E-state index is 13.1. The van der Waals surface area contributed by atoms with Crippen LogP contribution in [0.4, 0.5) is 5.69 Å². The molecule has 1 fully saturated rings. The number of anilines is 1. The molecule has 2 heterocycles. The Morgan fingerprint density at radius 3 is 2.68 bits per heavy atom. The molecule has 1 atom stereocenters. The van der Waals surface area contributed by atoms with E-state index in [9.17, 15) is 10.1 Å². The summed E-state index contributed by atoms with van der Waals surface area (Å²) in [6, 6.07) is 13.7. The number of thioether (sulfide) groups is 1. The van der Waals surface area contributed by atoms with Crippen LogP contribution in [-0.2, 0) is 4.79 Å². The Hall–Kier alpha value is -2.82. The zero-order valence-electron chi connectivity index (χ0n) is 17.5. The molecule has 0 saturated carbocycles. The van der Waals surface area contributed by atoms with E-state index in [1.54, 1.807) is 25.2 Å². The van der Waals surface area contributed by atoms with Crippen LogP contribution in [0, 0.1) is 18.3 Å². The number of aryl methyl sites for hydroxylation is 1.